The van der Waals surface area contributed by atoms with E-state index >= 15 is 0 Å². The van der Waals surface area contributed by atoms with Crippen molar-refractivity contribution in [1.82, 2.24) is 0 Å². The molecule has 20 heavy (non-hydrogen) atoms. The number of carbonyl (C=O) groups excluding carboxylic acids is 1. The Morgan fingerprint density at radius 1 is 1.30 bits per heavy atom. The van der Waals surface area contributed by atoms with E-state index in [9.17, 15) is 4.79 Å². The maximum atomic E-state index is 12.3. The van der Waals surface area contributed by atoms with Gasteiger partial charge in [-0.1, -0.05) is 39.3 Å². The van der Waals surface area contributed by atoms with E-state index < -0.39 is 0 Å². The fraction of sp³-hybridized carbons (Fsp3) is 0.588. The lowest BCUT2D eigenvalue weighted by atomic mass is 9.75. The first-order valence-electron chi connectivity index (χ1n) is 7.54. The maximum absolute atomic E-state index is 12.3. The third-order valence-electron chi connectivity index (χ3n) is 4.40. The highest BCUT2D eigenvalue weighted by Gasteiger charge is 2.33. The van der Waals surface area contributed by atoms with Crippen LogP contribution in [0.5, 0.6) is 0 Å². The molecule has 1 aromatic carbocycles. The molecule has 2 rings (SSSR count). The molecule has 1 fully saturated rings. The van der Waals surface area contributed by atoms with E-state index in [2.05, 4.69) is 20.8 Å². The van der Waals surface area contributed by atoms with Crippen molar-refractivity contribution < 1.29 is 9.53 Å². The van der Waals surface area contributed by atoms with Crippen molar-refractivity contribution in [2.75, 3.05) is 5.73 Å². The molecule has 3 atom stereocenters. The summed E-state index contributed by atoms with van der Waals surface area (Å²) in [7, 11) is 0. The number of para-hydroxylation sites is 1. The first-order valence-corrected chi connectivity index (χ1v) is 7.54. The molecule has 2 unspecified atom stereocenters. The Kier molecular flexibility index (Phi) is 4.69. The van der Waals surface area contributed by atoms with Crippen LogP contribution in [0.4, 0.5) is 5.69 Å². The molecule has 0 radical (unpaired) electrons. The van der Waals surface area contributed by atoms with Crippen LogP contribution in [-0.4, -0.2) is 12.1 Å². The number of hydrogen-bond donors (Lipinski definition) is 1. The van der Waals surface area contributed by atoms with Gasteiger partial charge in [-0.05, 0) is 42.7 Å². The van der Waals surface area contributed by atoms with Gasteiger partial charge in [0.15, 0.2) is 0 Å². The van der Waals surface area contributed by atoms with Crippen molar-refractivity contribution >= 4 is 11.7 Å². The van der Waals surface area contributed by atoms with E-state index in [1.54, 1.807) is 12.1 Å². The van der Waals surface area contributed by atoms with Crippen molar-refractivity contribution in [2.45, 2.75) is 46.1 Å². The molecule has 1 saturated carbocycles. The van der Waals surface area contributed by atoms with Gasteiger partial charge in [0.2, 0.25) is 0 Å². The molecule has 3 nitrogen and oxygen atoms in total. The van der Waals surface area contributed by atoms with E-state index in [1.807, 2.05) is 12.1 Å². The summed E-state index contributed by atoms with van der Waals surface area (Å²) in [6.07, 6.45) is 3.35. The summed E-state index contributed by atoms with van der Waals surface area (Å²) in [5, 5.41) is 0. The first kappa shape index (κ1) is 14.9. The van der Waals surface area contributed by atoms with E-state index in [4.69, 9.17) is 10.5 Å². The molecule has 110 valence electrons. The first-order chi connectivity index (χ1) is 9.49. The standard InChI is InChI=1S/C17H25NO2/c1-11(2)13-9-8-12(3)10-16(13)20-17(19)14-6-4-5-7-15(14)18/h4-7,11-13,16H,8-10,18H2,1-3H3/t12-,13?,16?/m1/s1. The second-order valence-electron chi connectivity index (χ2n) is 6.36. The van der Waals surface area contributed by atoms with Gasteiger partial charge in [-0.2, -0.15) is 0 Å². The number of benzene rings is 1. The van der Waals surface area contributed by atoms with Crippen LogP contribution in [0.1, 0.15) is 50.4 Å². The van der Waals surface area contributed by atoms with Gasteiger partial charge < -0.3 is 10.5 Å². The highest BCUT2D eigenvalue weighted by atomic mass is 16.5. The Balaban J connectivity index is 2.10. The number of nitrogen functional groups attached to an aromatic ring is 1. The molecule has 3 heteroatoms. The predicted octanol–water partition coefficient (Wildman–Crippen LogP) is 3.89. The highest BCUT2D eigenvalue weighted by Crippen LogP contribution is 2.35. The summed E-state index contributed by atoms with van der Waals surface area (Å²) in [6.45, 7) is 6.64. The topological polar surface area (TPSA) is 52.3 Å². The lowest BCUT2D eigenvalue weighted by molar-refractivity contribution is -0.0173. The molecular weight excluding hydrogens is 250 g/mol. The van der Waals surface area contributed by atoms with Gasteiger partial charge in [-0.15, -0.1) is 0 Å². The highest BCUT2D eigenvalue weighted by molar-refractivity contribution is 5.95. The number of rotatable bonds is 3. The summed E-state index contributed by atoms with van der Waals surface area (Å²) >= 11 is 0. The van der Waals surface area contributed by atoms with Crippen LogP contribution in [0, 0.1) is 17.8 Å². The molecule has 0 bridgehead atoms. The smallest absolute Gasteiger partial charge is 0.340 e. The molecule has 0 saturated heterocycles. The quantitative estimate of drug-likeness (QED) is 0.672. The monoisotopic (exact) mass is 275 g/mol. The van der Waals surface area contributed by atoms with Crippen molar-refractivity contribution in [3.63, 3.8) is 0 Å². The molecule has 0 amide bonds. The Hall–Kier alpha value is -1.51. The van der Waals surface area contributed by atoms with Crippen molar-refractivity contribution in [3.8, 4) is 0 Å². The van der Waals surface area contributed by atoms with Gasteiger partial charge in [0.05, 0.1) is 5.56 Å². The summed E-state index contributed by atoms with van der Waals surface area (Å²) in [4.78, 5) is 12.3. The van der Waals surface area contributed by atoms with Gasteiger partial charge in [-0.3, -0.25) is 0 Å². The number of carbonyl (C=O) groups is 1. The Morgan fingerprint density at radius 2 is 2.00 bits per heavy atom. The Bertz CT molecular complexity index is 470. The van der Waals surface area contributed by atoms with Gasteiger partial charge in [0.1, 0.15) is 6.10 Å². The normalized spacial score (nSPS) is 26.5. The molecule has 1 aliphatic carbocycles. The van der Waals surface area contributed by atoms with Crippen molar-refractivity contribution in [2.24, 2.45) is 17.8 Å². The van der Waals surface area contributed by atoms with E-state index in [0.717, 1.165) is 12.8 Å². The predicted molar refractivity (Wildman–Crippen MR) is 81.4 cm³/mol. The van der Waals surface area contributed by atoms with Crippen LogP contribution in [0.15, 0.2) is 24.3 Å². The molecule has 1 aliphatic rings. The zero-order chi connectivity index (χ0) is 14.7. The molecule has 0 aliphatic heterocycles. The van der Waals surface area contributed by atoms with Gasteiger partial charge in [0.25, 0.3) is 0 Å². The fourth-order valence-corrected chi connectivity index (χ4v) is 3.13. The summed E-state index contributed by atoms with van der Waals surface area (Å²) in [6, 6.07) is 7.11. The summed E-state index contributed by atoms with van der Waals surface area (Å²) in [5.41, 5.74) is 6.82. The number of hydrogen-bond acceptors (Lipinski definition) is 3. The molecule has 0 spiro atoms. The minimum Gasteiger partial charge on any atom is -0.458 e. The number of nitrogens with two attached hydrogens (primary N) is 1. The van der Waals surface area contributed by atoms with Gasteiger partial charge >= 0.3 is 5.97 Å². The zero-order valence-corrected chi connectivity index (χ0v) is 12.6. The molecule has 0 heterocycles. The summed E-state index contributed by atoms with van der Waals surface area (Å²) < 4.78 is 5.78. The zero-order valence-electron chi connectivity index (χ0n) is 12.6. The molecule has 0 aromatic heterocycles. The number of anilines is 1. The van der Waals surface area contributed by atoms with Crippen LogP contribution in [-0.2, 0) is 4.74 Å². The minimum absolute atomic E-state index is 0.0193. The maximum Gasteiger partial charge on any atom is 0.340 e. The fourth-order valence-electron chi connectivity index (χ4n) is 3.13. The lowest BCUT2D eigenvalue weighted by Gasteiger charge is -2.36. The molecular formula is C17H25NO2. The Morgan fingerprint density at radius 3 is 2.65 bits per heavy atom. The third-order valence-corrected chi connectivity index (χ3v) is 4.40. The SMILES string of the molecule is CC(C)C1CC[C@@H](C)CC1OC(=O)c1ccccc1N. The van der Waals surface area contributed by atoms with Crippen LogP contribution >= 0.6 is 0 Å². The van der Waals surface area contributed by atoms with Crippen molar-refractivity contribution in [1.29, 1.82) is 0 Å². The number of esters is 1. The van der Waals surface area contributed by atoms with Crippen LogP contribution in [0.25, 0.3) is 0 Å². The number of ether oxygens (including phenoxy) is 1. The minimum atomic E-state index is -0.284. The Labute approximate surface area is 121 Å². The largest absolute Gasteiger partial charge is 0.458 e. The third kappa shape index (κ3) is 3.33. The second-order valence-corrected chi connectivity index (χ2v) is 6.36. The average molecular weight is 275 g/mol. The van der Waals surface area contributed by atoms with Crippen molar-refractivity contribution in [3.05, 3.63) is 29.8 Å². The lowest BCUT2D eigenvalue weighted by Crippen LogP contribution is -2.36. The second kappa shape index (κ2) is 6.29. The average Bonchev–Trinajstić information content (AvgIpc) is 2.38. The van der Waals surface area contributed by atoms with Crippen LogP contribution in [0.2, 0.25) is 0 Å². The van der Waals surface area contributed by atoms with Crippen LogP contribution < -0.4 is 5.73 Å². The van der Waals surface area contributed by atoms with E-state index in [1.165, 1.54) is 6.42 Å². The molecule has 1 aromatic rings. The van der Waals surface area contributed by atoms with E-state index in [0.29, 0.717) is 29.0 Å². The molecule has 2 N–H and O–H groups in total. The van der Waals surface area contributed by atoms with E-state index in [-0.39, 0.29) is 12.1 Å². The van der Waals surface area contributed by atoms with Gasteiger partial charge in [0, 0.05) is 5.69 Å². The van der Waals surface area contributed by atoms with Gasteiger partial charge in [-0.25, -0.2) is 4.79 Å². The van der Waals surface area contributed by atoms with Crippen LogP contribution in [0.3, 0.4) is 0 Å². The summed E-state index contributed by atoms with van der Waals surface area (Å²) in [5.74, 6) is 1.33.